The van der Waals surface area contributed by atoms with Crippen LogP contribution in [-0.2, 0) is 16.6 Å². The highest BCUT2D eigenvalue weighted by molar-refractivity contribution is 5.85. The third-order valence-corrected chi connectivity index (χ3v) is 7.85. The molecule has 1 heterocycles. The third-order valence-electron chi connectivity index (χ3n) is 7.85. The van der Waals surface area contributed by atoms with Crippen molar-refractivity contribution in [2.24, 2.45) is 22.7 Å². The Kier molecular flexibility index (Phi) is 2.82. The summed E-state index contributed by atoms with van der Waals surface area (Å²) in [4.78, 5) is 12.5. The topological polar surface area (TPSA) is 30.2 Å². The molecule has 1 aromatic heterocycles. The lowest BCUT2D eigenvalue weighted by Crippen LogP contribution is -2.59. The lowest BCUT2D eigenvalue weighted by atomic mass is 9.40. The molecule has 4 rings (SSSR count). The number of hydrogen-bond acceptors (Lipinski definition) is 2. The van der Waals surface area contributed by atoms with E-state index in [1.807, 2.05) is 12.5 Å². The maximum absolute atomic E-state index is 12.5. The molecule has 2 fully saturated rings. The van der Waals surface area contributed by atoms with Crippen molar-refractivity contribution in [2.45, 2.75) is 71.6 Å². The van der Waals surface area contributed by atoms with E-state index in [-0.39, 0.29) is 10.8 Å². The predicted octanol–water partition coefficient (Wildman–Crippen LogP) is 4.91. The molecule has 3 aliphatic rings. The zero-order valence-corrected chi connectivity index (χ0v) is 14.4. The van der Waals surface area contributed by atoms with Gasteiger partial charge in [-0.2, -0.15) is 0 Å². The Labute approximate surface area is 133 Å². The van der Waals surface area contributed by atoms with Gasteiger partial charge < -0.3 is 4.42 Å². The van der Waals surface area contributed by atoms with Gasteiger partial charge in [0.05, 0.1) is 12.5 Å². The van der Waals surface area contributed by atoms with Crippen molar-refractivity contribution in [1.29, 1.82) is 0 Å². The number of hydrogen-bond donors (Lipinski definition) is 0. The molecule has 0 radical (unpaired) electrons. The number of aryl methyl sites for hydroxylation is 1. The maximum atomic E-state index is 12.5. The molecule has 0 spiro atoms. The van der Waals surface area contributed by atoms with E-state index in [0.717, 1.165) is 19.3 Å². The molecule has 1 unspecified atom stereocenters. The van der Waals surface area contributed by atoms with Gasteiger partial charge in [0.15, 0.2) is 0 Å². The Bertz CT molecular complexity index is 625. The van der Waals surface area contributed by atoms with Crippen molar-refractivity contribution in [2.75, 3.05) is 0 Å². The summed E-state index contributed by atoms with van der Waals surface area (Å²) in [5.41, 5.74) is 3.26. The minimum Gasteiger partial charge on any atom is -0.472 e. The summed E-state index contributed by atoms with van der Waals surface area (Å²) in [6.45, 7) is 9.34. The second-order valence-electron chi connectivity index (χ2n) is 9.06. The molecule has 22 heavy (non-hydrogen) atoms. The summed E-state index contributed by atoms with van der Waals surface area (Å²) >= 11 is 0. The normalized spacial score (nSPS) is 43.2. The van der Waals surface area contributed by atoms with Gasteiger partial charge in [-0.1, -0.05) is 27.7 Å². The second-order valence-corrected chi connectivity index (χ2v) is 9.06. The summed E-state index contributed by atoms with van der Waals surface area (Å²) in [5, 5.41) is 0. The number of furan rings is 1. The third kappa shape index (κ3) is 1.59. The highest BCUT2D eigenvalue weighted by Crippen LogP contribution is 2.66. The Morgan fingerprint density at radius 3 is 2.55 bits per heavy atom. The van der Waals surface area contributed by atoms with Gasteiger partial charge in [-0.3, -0.25) is 4.79 Å². The Balaban J connectivity index is 1.81. The van der Waals surface area contributed by atoms with Crippen molar-refractivity contribution >= 4 is 5.78 Å². The highest BCUT2D eigenvalue weighted by atomic mass is 16.3. The summed E-state index contributed by atoms with van der Waals surface area (Å²) in [5.74, 6) is 1.70. The predicted molar refractivity (Wildman–Crippen MR) is 86.7 cm³/mol. The van der Waals surface area contributed by atoms with Crippen LogP contribution in [0.5, 0.6) is 0 Å². The zero-order chi connectivity index (χ0) is 15.8. The molecule has 3 aliphatic carbocycles. The number of fused-ring (bicyclic) bond motifs is 5. The van der Waals surface area contributed by atoms with E-state index in [9.17, 15) is 4.79 Å². The lowest BCUT2D eigenvalue weighted by molar-refractivity contribution is -0.154. The van der Waals surface area contributed by atoms with Crippen molar-refractivity contribution < 1.29 is 9.21 Å². The number of rotatable bonds is 0. The largest absolute Gasteiger partial charge is 0.472 e. The zero-order valence-electron chi connectivity index (χ0n) is 14.4. The fourth-order valence-corrected chi connectivity index (χ4v) is 6.64. The molecule has 1 aromatic rings. The highest BCUT2D eigenvalue weighted by Gasteiger charge is 2.61. The lowest BCUT2D eigenvalue weighted by Gasteiger charge is -2.63. The second kappa shape index (κ2) is 4.27. The Morgan fingerprint density at radius 1 is 1.00 bits per heavy atom. The van der Waals surface area contributed by atoms with Gasteiger partial charge in [-0.05, 0) is 65.9 Å². The van der Waals surface area contributed by atoms with Gasteiger partial charge >= 0.3 is 0 Å². The molecule has 0 aromatic carbocycles. The molecule has 2 nitrogen and oxygen atoms in total. The van der Waals surface area contributed by atoms with Crippen molar-refractivity contribution in [1.82, 2.24) is 0 Å². The van der Waals surface area contributed by atoms with Crippen LogP contribution >= 0.6 is 0 Å². The van der Waals surface area contributed by atoms with E-state index in [1.165, 1.54) is 30.4 Å². The molecule has 0 bridgehead atoms. The van der Waals surface area contributed by atoms with E-state index in [1.54, 1.807) is 0 Å². The van der Waals surface area contributed by atoms with Crippen LogP contribution < -0.4 is 0 Å². The molecule has 2 heteroatoms. The summed E-state index contributed by atoms with van der Waals surface area (Å²) in [7, 11) is 0. The van der Waals surface area contributed by atoms with Gasteiger partial charge in [0, 0.05) is 11.8 Å². The minimum absolute atomic E-state index is 0.148. The average Bonchev–Trinajstić information content (AvgIpc) is 2.93. The molecule has 4 atom stereocenters. The van der Waals surface area contributed by atoms with E-state index >= 15 is 0 Å². The van der Waals surface area contributed by atoms with Gasteiger partial charge in [0.2, 0.25) is 0 Å². The van der Waals surface area contributed by atoms with Crippen molar-refractivity contribution in [3.05, 3.63) is 23.7 Å². The average molecular weight is 300 g/mol. The minimum atomic E-state index is -0.148. The van der Waals surface area contributed by atoms with Gasteiger partial charge in [-0.25, -0.2) is 0 Å². The van der Waals surface area contributed by atoms with Crippen LogP contribution in [0.1, 0.15) is 70.9 Å². The van der Waals surface area contributed by atoms with Crippen LogP contribution in [0.25, 0.3) is 0 Å². The molecular weight excluding hydrogens is 272 g/mol. The standard InChI is InChI=1S/C20H28O2/c1-18(2)15-7-9-19(3)14-12-22-11-13(14)5-6-16(19)20(15,4)10-8-17(18)21/h11-12,15-16H,5-10H2,1-4H3/t15-,16?,19-,20-/m0/s1. The van der Waals surface area contributed by atoms with E-state index in [4.69, 9.17) is 4.42 Å². The van der Waals surface area contributed by atoms with E-state index in [0.29, 0.717) is 23.0 Å². The van der Waals surface area contributed by atoms with Crippen LogP contribution in [-0.4, -0.2) is 5.78 Å². The van der Waals surface area contributed by atoms with Crippen molar-refractivity contribution in [3.8, 4) is 0 Å². The first-order valence-electron chi connectivity index (χ1n) is 8.89. The summed E-state index contributed by atoms with van der Waals surface area (Å²) in [6, 6.07) is 0. The molecule has 120 valence electrons. The Hall–Kier alpha value is -1.05. The number of Topliss-reactive ketones (excluding diaryl/α,β-unsaturated/α-hetero) is 1. The van der Waals surface area contributed by atoms with Crippen LogP contribution in [0, 0.1) is 22.7 Å². The monoisotopic (exact) mass is 300 g/mol. The van der Waals surface area contributed by atoms with Crippen LogP contribution in [0.4, 0.5) is 0 Å². The van der Waals surface area contributed by atoms with E-state index in [2.05, 4.69) is 27.7 Å². The molecule has 2 saturated carbocycles. The van der Waals surface area contributed by atoms with Crippen LogP contribution in [0.15, 0.2) is 16.9 Å². The van der Waals surface area contributed by atoms with Crippen molar-refractivity contribution in [3.63, 3.8) is 0 Å². The number of carbonyl (C=O) groups is 1. The fourth-order valence-electron chi connectivity index (χ4n) is 6.64. The quantitative estimate of drug-likeness (QED) is 0.682. The summed E-state index contributed by atoms with van der Waals surface area (Å²) in [6.07, 6.45) is 10.6. The summed E-state index contributed by atoms with van der Waals surface area (Å²) < 4.78 is 5.55. The Morgan fingerprint density at radius 2 is 1.77 bits per heavy atom. The molecule has 0 amide bonds. The number of ketones is 1. The van der Waals surface area contributed by atoms with E-state index < -0.39 is 0 Å². The van der Waals surface area contributed by atoms with Gasteiger partial charge in [0.25, 0.3) is 0 Å². The fraction of sp³-hybridized carbons (Fsp3) is 0.750. The first-order valence-corrected chi connectivity index (χ1v) is 8.89. The van der Waals surface area contributed by atoms with Gasteiger partial charge in [-0.15, -0.1) is 0 Å². The molecule has 0 aliphatic heterocycles. The number of carbonyl (C=O) groups excluding carboxylic acids is 1. The molecule has 0 saturated heterocycles. The van der Waals surface area contributed by atoms with Crippen LogP contribution in [0.2, 0.25) is 0 Å². The maximum Gasteiger partial charge on any atom is 0.138 e. The van der Waals surface area contributed by atoms with Gasteiger partial charge in [0.1, 0.15) is 5.78 Å². The molecule has 0 N–H and O–H groups in total. The molecular formula is C20H28O2. The smallest absolute Gasteiger partial charge is 0.138 e. The first kappa shape index (κ1) is 14.5. The first-order chi connectivity index (χ1) is 10.3. The van der Waals surface area contributed by atoms with Crippen LogP contribution in [0.3, 0.4) is 0 Å². The SMILES string of the molecule is CC1(C)C(=O)CC[C@]2(C)C3CCc4cocc4[C@]3(C)CC[C@@H]12.